The number of fused-ring (bicyclic) bond motifs is 3. The number of rotatable bonds is 3. The van der Waals surface area contributed by atoms with E-state index in [1.54, 1.807) is 6.92 Å². The van der Waals surface area contributed by atoms with E-state index < -0.39 is 28.7 Å². The van der Waals surface area contributed by atoms with Gasteiger partial charge in [0.1, 0.15) is 12.2 Å². The number of nitro groups is 1. The Morgan fingerprint density at radius 1 is 1.33 bits per heavy atom. The molecule has 8 nitrogen and oxygen atoms in total. The minimum absolute atomic E-state index is 0.00282. The molecule has 0 spiro atoms. The van der Waals surface area contributed by atoms with E-state index in [2.05, 4.69) is 0 Å². The van der Waals surface area contributed by atoms with Crippen LogP contribution in [0.25, 0.3) is 0 Å². The van der Waals surface area contributed by atoms with Crippen molar-refractivity contribution in [1.29, 1.82) is 0 Å². The monoisotopic (exact) mass is 415 g/mol. The molecule has 1 saturated heterocycles. The summed E-state index contributed by atoms with van der Waals surface area (Å²) in [6.45, 7) is 5.51. The van der Waals surface area contributed by atoms with E-state index in [0.29, 0.717) is 19.3 Å². The molecule has 8 heteroatoms. The number of benzene rings is 1. The van der Waals surface area contributed by atoms with E-state index in [-0.39, 0.29) is 35.0 Å². The third-order valence-corrected chi connectivity index (χ3v) is 7.01. The Hall–Kier alpha value is -2.74. The second-order valence-electron chi connectivity index (χ2n) is 8.83. The first-order valence-electron chi connectivity index (χ1n) is 10.2. The number of aliphatic hydroxyl groups is 1. The molecule has 1 aromatic carbocycles. The van der Waals surface area contributed by atoms with Crippen LogP contribution in [-0.4, -0.2) is 39.8 Å². The fourth-order valence-corrected chi connectivity index (χ4v) is 5.13. The van der Waals surface area contributed by atoms with Gasteiger partial charge in [-0.3, -0.25) is 14.9 Å². The van der Waals surface area contributed by atoms with Crippen molar-refractivity contribution in [1.82, 2.24) is 0 Å². The molecule has 2 aliphatic carbocycles. The first-order chi connectivity index (χ1) is 14.1. The molecule has 1 N–H and O–H groups in total. The molecular formula is C22H25NO7. The van der Waals surface area contributed by atoms with Gasteiger partial charge in [-0.15, -0.1) is 0 Å². The van der Waals surface area contributed by atoms with Crippen LogP contribution in [0.1, 0.15) is 50.4 Å². The number of nitro benzene ring substituents is 1. The summed E-state index contributed by atoms with van der Waals surface area (Å²) in [6, 6.07) is 5.25. The van der Waals surface area contributed by atoms with Crippen molar-refractivity contribution in [2.24, 2.45) is 17.8 Å². The molecule has 0 bridgehead atoms. The Kier molecular flexibility index (Phi) is 4.92. The normalized spacial score (nSPS) is 35.3. The predicted octanol–water partition coefficient (Wildman–Crippen LogP) is 3.18. The summed E-state index contributed by atoms with van der Waals surface area (Å²) < 4.78 is 11.4. The molecule has 4 rings (SSSR count). The number of non-ortho nitro benzene ring substituents is 1. The van der Waals surface area contributed by atoms with Crippen molar-refractivity contribution in [2.45, 2.75) is 57.8 Å². The first-order valence-corrected chi connectivity index (χ1v) is 10.2. The van der Waals surface area contributed by atoms with Gasteiger partial charge in [0, 0.05) is 24.0 Å². The molecule has 1 aliphatic heterocycles. The zero-order valence-corrected chi connectivity index (χ0v) is 17.2. The summed E-state index contributed by atoms with van der Waals surface area (Å²) in [4.78, 5) is 35.1. The molecular weight excluding hydrogens is 390 g/mol. The van der Waals surface area contributed by atoms with Gasteiger partial charge >= 0.3 is 11.9 Å². The van der Waals surface area contributed by atoms with E-state index in [4.69, 9.17) is 9.47 Å². The number of hydrogen-bond acceptors (Lipinski definition) is 7. The summed E-state index contributed by atoms with van der Waals surface area (Å²) in [7, 11) is 0. The first kappa shape index (κ1) is 20.5. The quantitative estimate of drug-likeness (QED) is 0.349. The lowest BCUT2D eigenvalue weighted by Crippen LogP contribution is -2.35. The molecule has 160 valence electrons. The average Bonchev–Trinajstić information content (AvgIpc) is 3.13. The van der Waals surface area contributed by atoms with E-state index in [9.17, 15) is 24.8 Å². The van der Waals surface area contributed by atoms with E-state index in [1.807, 2.05) is 13.8 Å². The van der Waals surface area contributed by atoms with Crippen LogP contribution in [0.2, 0.25) is 0 Å². The lowest BCUT2D eigenvalue weighted by atomic mass is 9.81. The maximum absolute atomic E-state index is 12.6. The van der Waals surface area contributed by atoms with Crippen LogP contribution in [0, 0.1) is 27.9 Å². The van der Waals surface area contributed by atoms with Gasteiger partial charge in [0.2, 0.25) is 0 Å². The lowest BCUT2D eigenvalue weighted by Gasteiger charge is -2.31. The molecule has 2 fully saturated rings. The Morgan fingerprint density at radius 3 is 2.63 bits per heavy atom. The highest BCUT2D eigenvalue weighted by Gasteiger charge is 2.55. The second kappa shape index (κ2) is 7.19. The van der Waals surface area contributed by atoms with Crippen molar-refractivity contribution in [3.8, 4) is 0 Å². The van der Waals surface area contributed by atoms with Crippen LogP contribution in [0.4, 0.5) is 5.69 Å². The zero-order chi connectivity index (χ0) is 21.8. The lowest BCUT2D eigenvalue weighted by molar-refractivity contribution is -0.384. The van der Waals surface area contributed by atoms with Gasteiger partial charge in [0.15, 0.2) is 0 Å². The molecule has 30 heavy (non-hydrogen) atoms. The van der Waals surface area contributed by atoms with Crippen molar-refractivity contribution in [3.05, 3.63) is 51.1 Å². The highest BCUT2D eigenvalue weighted by Crippen LogP contribution is 2.52. The Balaban J connectivity index is 1.60. The van der Waals surface area contributed by atoms with Crippen LogP contribution >= 0.6 is 0 Å². The number of nitrogens with zero attached hydrogens (tertiary/aromatic N) is 1. The summed E-state index contributed by atoms with van der Waals surface area (Å²) in [5.41, 5.74) is 0.820. The average molecular weight is 415 g/mol. The molecule has 3 aliphatic rings. The van der Waals surface area contributed by atoms with Crippen LogP contribution in [0.15, 0.2) is 35.4 Å². The maximum Gasteiger partial charge on any atom is 0.338 e. The molecule has 0 amide bonds. The Bertz CT molecular complexity index is 933. The maximum atomic E-state index is 12.6. The van der Waals surface area contributed by atoms with E-state index in [0.717, 1.165) is 11.1 Å². The van der Waals surface area contributed by atoms with Crippen molar-refractivity contribution >= 4 is 17.6 Å². The van der Waals surface area contributed by atoms with Crippen LogP contribution in [0.3, 0.4) is 0 Å². The number of carbonyl (C=O) groups is 2. The van der Waals surface area contributed by atoms with E-state index in [1.165, 1.54) is 24.3 Å². The smallest absolute Gasteiger partial charge is 0.338 e. The van der Waals surface area contributed by atoms with Crippen molar-refractivity contribution < 1.29 is 29.1 Å². The number of carbonyl (C=O) groups excluding carboxylic acids is 2. The van der Waals surface area contributed by atoms with Gasteiger partial charge in [0.05, 0.1) is 22.0 Å². The highest BCUT2D eigenvalue weighted by atomic mass is 16.6. The van der Waals surface area contributed by atoms with E-state index >= 15 is 0 Å². The third-order valence-electron chi connectivity index (χ3n) is 7.01. The molecule has 0 radical (unpaired) electrons. The number of esters is 2. The fraction of sp³-hybridized carbons (Fsp3) is 0.545. The van der Waals surface area contributed by atoms with Gasteiger partial charge in [-0.05, 0) is 56.4 Å². The summed E-state index contributed by atoms with van der Waals surface area (Å²) in [5.74, 6) is -1.30. The van der Waals surface area contributed by atoms with Gasteiger partial charge in [-0.2, -0.15) is 0 Å². The Labute approximate surface area is 174 Å². The van der Waals surface area contributed by atoms with Crippen LogP contribution in [-0.2, 0) is 14.3 Å². The van der Waals surface area contributed by atoms with Crippen molar-refractivity contribution in [3.63, 3.8) is 0 Å². The predicted molar refractivity (Wildman–Crippen MR) is 105 cm³/mol. The zero-order valence-electron chi connectivity index (χ0n) is 17.2. The SMILES string of the molecule is CC1=C2C(C[C@@H]1OC(=O)c1ccc([N+](=O)[O-])cc1)[C@](C)(O)CC[C@H]1[C@H](C)C(=O)O[C@H]21. The second-order valence-corrected chi connectivity index (χ2v) is 8.83. The van der Waals surface area contributed by atoms with Gasteiger partial charge in [-0.1, -0.05) is 6.92 Å². The minimum Gasteiger partial charge on any atom is -0.457 e. The molecule has 0 aromatic heterocycles. The van der Waals surface area contributed by atoms with Crippen molar-refractivity contribution in [2.75, 3.05) is 0 Å². The largest absolute Gasteiger partial charge is 0.457 e. The fourth-order valence-electron chi connectivity index (χ4n) is 5.13. The number of ether oxygens (including phenoxy) is 2. The highest BCUT2D eigenvalue weighted by molar-refractivity contribution is 5.90. The topological polar surface area (TPSA) is 116 Å². The molecule has 1 heterocycles. The van der Waals surface area contributed by atoms with Gasteiger partial charge in [-0.25, -0.2) is 4.79 Å². The summed E-state index contributed by atoms with van der Waals surface area (Å²) in [5, 5.41) is 21.9. The molecule has 1 unspecified atom stereocenters. The molecule has 1 saturated carbocycles. The van der Waals surface area contributed by atoms with Gasteiger partial charge < -0.3 is 14.6 Å². The van der Waals surface area contributed by atoms with Crippen LogP contribution < -0.4 is 0 Å². The van der Waals surface area contributed by atoms with Crippen LogP contribution in [0.5, 0.6) is 0 Å². The third kappa shape index (κ3) is 3.29. The molecule has 1 aromatic rings. The number of hydrogen-bond donors (Lipinski definition) is 1. The van der Waals surface area contributed by atoms with Gasteiger partial charge in [0.25, 0.3) is 5.69 Å². The summed E-state index contributed by atoms with van der Waals surface area (Å²) >= 11 is 0. The summed E-state index contributed by atoms with van der Waals surface area (Å²) in [6.07, 6.45) is 0.717. The molecule has 6 atom stereocenters. The Morgan fingerprint density at radius 2 is 2.00 bits per heavy atom. The standard InChI is InChI=1S/C22H25NO7/c1-11-15-8-9-22(3,26)16-10-17(12(2)18(16)19(15)30-20(11)24)29-21(25)13-4-6-14(7-5-13)23(27)28/h4-7,11,15-17,19,26H,8-10H2,1-3H3/t11-,15-,16?,17-,19-,22+/m0/s1. The minimum atomic E-state index is -0.985.